The van der Waals surface area contributed by atoms with Crippen molar-refractivity contribution in [3.05, 3.63) is 33.9 Å². The molecule has 0 aliphatic rings. The van der Waals surface area contributed by atoms with Gasteiger partial charge in [0.15, 0.2) is 11.8 Å². The molecule has 2 N–H and O–H groups in total. The maximum absolute atomic E-state index is 10.9. The van der Waals surface area contributed by atoms with Gasteiger partial charge in [-0.15, -0.1) is 0 Å². The van der Waals surface area contributed by atoms with Gasteiger partial charge in [-0.3, -0.25) is 14.9 Å². The number of aliphatic carboxylic acids is 1. The Morgan fingerprint density at radius 2 is 2.15 bits per heavy atom. The Balaban J connectivity index is 2.87. The molecule has 1 amide bonds. The molecule has 8 heteroatoms. The third-order valence-electron chi connectivity index (χ3n) is 2.39. The Hall–Kier alpha value is -2.64. The van der Waals surface area contributed by atoms with Crippen LogP contribution in [0.1, 0.15) is 12.5 Å². The molecular weight excluding hydrogens is 268 g/mol. The van der Waals surface area contributed by atoms with Crippen LogP contribution in [-0.4, -0.2) is 34.6 Å². The number of ether oxygens (including phenoxy) is 1. The molecule has 0 saturated carbocycles. The second-order valence-corrected chi connectivity index (χ2v) is 4.13. The van der Waals surface area contributed by atoms with E-state index in [1.807, 2.05) is 0 Å². The number of rotatable bonds is 6. The van der Waals surface area contributed by atoms with Crippen LogP contribution in [0.15, 0.2) is 18.2 Å². The van der Waals surface area contributed by atoms with E-state index in [-0.39, 0.29) is 11.4 Å². The number of nitrogens with zero attached hydrogens (tertiary/aromatic N) is 1. The van der Waals surface area contributed by atoms with Gasteiger partial charge in [0.1, 0.15) is 6.61 Å². The summed E-state index contributed by atoms with van der Waals surface area (Å²) in [5.74, 6) is -1.85. The number of aryl methyl sites for hydroxylation is 1. The van der Waals surface area contributed by atoms with Gasteiger partial charge in [0.25, 0.3) is 0 Å². The summed E-state index contributed by atoms with van der Waals surface area (Å²) in [6, 6.07) is 2.99. The quantitative estimate of drug-likeness (QED) is 0.590. The normalized spacial score (nSPS) is 11.5. The molecule has 1 atom stereocenters. The van der Waals surface area contributed by atoms with Crippen LogP contribution in [0.25, 0.3) is 0 Å². The molecule has 0 bridgehead atoms. The van der Waals surface area contributed by atoms with Crippen molar-refractivity contribution in [1.29, 1.82) is 0 Å². The van der Waals surface area contributed by atoms with Crippen molar-refractivity contribution in [2.45, 2.75) is 19.9 Å². The van der Waals surface area contributed by atoms with Gasteiger partial charge < -0.3 is 15.2 Å². The molecule has 0 radical (unpaired) electrons. The molecule has 1 unspecified atom stereocenters. The average Bonchev–Trinajstić information content (AvgIpc) is 2.33. The SMILES string of the molecule is CC(=O)NC(COc1cc(C)ccc1[N+](=O)[O-])C(=O)O. The zero-order valence-corrected chi connectivity index (χ0v) is 11.0. The molecule has 0 spiro atoms. The first-order valence-electron chi connectivity index (χ1n) is 5.69. The Morgan fingerprint density at radius 1 is 1.50 bits per heavy atom. The number of carbonyl (C=O) groups excluding carboxylic acids is 1. The van der Waals surface area contributed by atoms with Crippen molar-refractivity contribution in [1.82, 2.24) is 5.32 Å². The van der Waals surface area contributed by atoms with Crippen LogP contribution in [0.3, 0.4) is 0 Å². The van der Waals surface area contributed by atoms with Gasteiger partial charge in [-0.05, 0) is 18.6 Å². The van der Waals surface area contributed by atoms with Gasteiger partial charge in [-0.1, -0.05) is 6.07 Å². The topological polar surface area (TPSA) is 119 Å². The maximum atomic E-state index is 10.9. The van der Waals surface area contributed by atoms with Gasteiger partial charge in [0.2, 0.25) is 5.91 Å². The van der Waals surface area contributed by atoms with Crippen LogP contribution in [0.4, 0.5) is 5.69 Å². The summed E-state index contributed by atoms with van der Waals surface area (Å²) in [7, 11) is 0. The lowest BCUT2D eigenvalue weighted by Crippen LogP contribution is -2.43. The van der Waals surface area contributed by atoms with Crippen LogP contribution in [0.2, 0.25) is 0 Å². The number of nitro benzene ring substituents is 1. The van der Waals surface area contributed by atoms with Crippen molar-refractivity contribution in [2.24, 2.45) is 0 Å². The third kappa shape index (κ3) is 4.23. The smallest absolute Gasteiger partial charge is 0.329 e. The highest BCUT2D eigenvalue weighted by Crippen LogP contribution is 2.27. The minimum atomic E-state index is -1.28. The summed E-state index contributed by atoms with van der Waals surface area (Å²) < 4.78 is 5.17. The summed E-state index contributed by atoms with van der Waals surface area (Å²) in [5.41, 5.74) is 0.472. The Labute approximate surface area is 114 Å². The van der Waals surface area contributed by atoms with E-state index in [0.717, 1.165) is 5.56 Å². The number of benzene rings is 1. The largest absolute Gasteiger partial charge is 0.484 e. The fourth-order valence-corrected chi connectivity index (χ4v) is 1.48. The number of carbonyl (C=O) groups is 2. The number of amides is 1. The second kappa shape index (κ2) is 6.50. The minimum Gasteiger partial charge on any atom is -0.484 e. The van der Waals surface area contributed by atoms with Crippen molar-refractivity contribution < 1.29 is 24.4 Å². The number of nitro groups is 1. The van der Waals surface area contributed by atoms with E-state index < -0.39 is 29.4 Å². The van der Waals surface area contributed by atoms with Crippen LogP contribution < -0.4 is 10.1 Å². The first kappa shape index (κ1) is 15.4. The molecule has 108 valence electrons. The van der Waals surface area contributed by atoms with Gasteiger partial charge >= 0.3 is 11.7 Å². The monoisotopic (exact) mass is 282 g/mol. The van der Waals surface area contributed by atoms with E-state index in [4.69, 9.17) is 9.84 Å². The highest BCUT2D eigenvalue weighted by atomic mass is 16.6. The van der Waals surface area contributed by atoms with Crippen LogP contribution in [0.5, 0.6) is 5.75 Å². The number of carboxylic acids is 1. The lowest BCUT2D eigenvalue weighted by Gasteiger charge is -2.14. The fraction of sp³-hybridized carbons (Fsp3) is 0.333. The predicted octanol–water partition coefficient (Wildman–Crippen LogP) is 0.871. The van der Waals surface area contributed by atoms with Crippen LogP contribution >= 0.6 is 0 Å². The highest BCUT2D eigenvalue weighted by Gasteiger charge is 2.22. The zero-order valence-electron chi connectivity index (χ0n) is 11.0. The molecular formula is C12H14N2O6. The second-order valence-electron chi connectivity index (χ2n) is 4.13. The molecule has 1 rings (SSSR count). The fourth-order valence-electron chi connectivity index (χ4n) is 1.48. The Kier molecular flexibility index (Phi) is 5.01. The summed E-state index contributed by atoms with van der Waals surface area (Å²) in [6.45, 7) is 2.49. The van der Waals surface area contributed by atoms with E-state index >= 15 is 0 Å². The van der Waals surface area contributed by atoms with E-state index in [0.29, 0.717) is 0 Å². The van der Waals surface area contributed by atoms with E-state index in [1.165, 1.54) is 19.1 Å². The molecule has 0 heterocycles. The van der Waals surface area contributed by atoms with E-state index in [2.05, 4.69) is 5.32 Å². The number of carboxylic acid groups (broad SMARTS) is 1. The van der Waals surface area contributed by atoms with Crippen molar-refractivity contribution >= 4 is 17.6 Å². The van der Waals surface area contributed by atoms with Crippen molar-refractivity contribution in [3.8, 4) is 5.75 Å². The van der Waals surface area contributed by atoms with Gasteiger partial charge in [0.05, 0.1) is 4.92 Å². The third-order valence-corrected chi connectivity index (χ3v) is 2.39. The molecule has 0 aromatic heterocycles. The van der Waals surface area contributed by atoms with Crippen LogP contribution in [0, 0.1) is 17.0 Å². The number of nitrogens with one attached hydrogen (secondary N) is 1. The lowest BCUT2D eigenvalue weighted by atomic mass is 10.2. The lowest BCUT2D eigenvalue weighted by molar-refractivity contribution is -0.385. The summed E-state index contributed by atoms with van der Waals surface area (Å²) >= 11 is 0. The molecule has 0 saturated heterocycles. The first-order chi connectivity index (χ1) is 9.31. The molecule has 1 aromatic carbocycles. The molecule has 0 fully saturated rings. The molecule has 0 aliphatic heterocycles. The standard InChI is InChI=1S/C12H14N2O6/c1-7-3-4-10(14(18)19)11(5-7)20-6-9(12(16)17)13-8(2)15/h3-5,9H,6H2,1-2H3,(H,13,15)(H,16,17). The molecule has 0 aliphatic carbocycles. The zero-order chi connectivity index (χ0) is 15.3. The molecule has 8 nitrogen and oxygen atoms in total. The summed E-state index contributed by atoms with van der Waals surface area (Å²) in [6.07, 6.45) is 0. The molecule has 20 heavy (non-hydrogen) atoms. The maximum Gasteiger partial charge on any atom is 0.329 e. The van der Waals surface area contributed by atoms with Crippen LogP contribution in [-0.2, 0) is 9.59 Å². The predicted molar refractivity (Wildman–Crippen MR) is 68.6 cm³/mol. The average molecular weight is 282 g/mol. The Morgan fingerprint density at radius 3 is 2.65 bits per heavy atom. The van der Waals surface area contributed by atoms with Gasteiger partial charge in [0, 0.05) is 13.0 Å². The van der Waals surface area contributed by atoms with Gasteiger partial charge in [-0.25, -0.2) is 4.79 Å². The Bertz CT molecular complexity index is 543. The first-order valence-corrected chi connectivity index (χ1v) is 5.69. The van der Waals surface area contributed by atoms with Crippen molar-refractivity contribution in [3.63, 3.8) is 0 Å². The van der Waals surface area contributed by atoms with Gasteiger partial charge in [-0.2, -0.15) is 0 Å². The number of hydrogen-bond acceptors (Lipinski definition) is 5. The number of hydrogen-bond donors (Lipinski definition) is 2. The van der Waals surface area contributed by atoms with E-state index in [9.17, 15) is 19.7 Å². The van der Waals surface area contributed by atoms with Crippen molar-refractivity contribution in [2.75, 3.05) is 6.61 Å². The molecule has 1 aromatic rings. The van der Waals surface area contributed by atoms with E-state index in [1.54, 1.807) is 13.0 Å². The minimum absolute atomic E-state index is 0.0356. The highest BCUT2D eigenvalue weighted by molar-refractivity contribution is 5.82. The summed E-state index contributed by atoms with van der Waals surface area (Å²) in [4.78, 5) is 32.0. The summed E-state index contributed by atoms with van der Waals surface area (Å²) in [5, 5.41) is 21.9.